The second-order valence-corrected chi connectivity index (χ2v) is 6.41. The average molecular weight is 358 g/mol. The van der Waals surface area contributed by atoms with Crippen LogP contribution in [0.4, 0.5) is 0 Å². The summed E-state index contributed by atoms with van der Waals surface area (Å²) in [7, 11) is 1.50. The number of rotatable bonds is 7. The highest BCUT2D eigenvalue weighted by molar-refractivity contribution is 7.98. The molecule has 0 spiro atoms. The highest BCUT2D eigenvalue weighted by Gasteiger charge is 2.22. The van der Waals surface area contributed by atoms with E-state index in [0.29, 0.717) is 16.9 Å². The smallest absolute Gasteiger partial charge is 0.342 e. The molecule has 0 unspecified atom stereocenters. The molecule has 2 aromatic carbocycles. The van der Waals surface area contributed by atoms with E-state index >= 15 is 0 Å². The van der Waals surface area contributed by atoms with Gasteiger partial charge in [-0.15, -0.1) is 11.8 Å². The minimum atomic E-state index is -0.870. The first kappa shape index (κ1) is 19.1. The molecule has 0 saturated heterocycles. The van der Waals surface area contributed by atoms with Gasteiger partial charge >= 0.3 is 5.97 Å². The Balaban J connectivity index is 2.12. The first-order valence-corrected chi connectivity index (χ1v) is 9.28. The summed E-state index contributed by atoms with van der Waals surface area (Å²) in [5.74, 6) is -0.366. The molecular formula is C20H22O4S. The lowest BCUT2D eigenvalue weighted by Gasteiger charge is -2.14. The van der Waals surface area contributed by atoms with Crippen LogP contribution in [0.3, 0.4) is 0 Å². The van der Waals surface area contributed by atoms with Crippen LogP contribution in [0.15, 0.2) is 47.4 Å². The molecule has 2 aromatic rings. The third kappa shape index (κ3) is 4.63. The van der Waals surface area contributed by atoms with Crippen molar-refractivity contribution in [1.29, 1.82) is 0 Å². The second-order valence-electron chi connectivity index (χ2n) is 5.53. The zero-order valence-corrected chi connectivity index (χ0v) is 15.7. The maximum Gasteiger partial charge on any atom is 0.342 e. The van der Waals surface area contributed by atoms with Gasteiger partial charge in [0.1, 0.15) is 11.3 Å². The normalized spacial score (nSPS) is 11.7. The first-order chi connectivity index (χ1) is 12.0. The molecule has 0 bridgehead atoms. The molecule has 0 aromatic heterocycles. The molecule has 0 N–H and O–H groups in total. The summed E-state index contributed by atoms with van der Waals surface area (Å²) in [5, 5.41) is 0. The zero-order valence-electron chi connectivity index (χ0n) is 14.9. The summed E-state index contributed by atoms with van der Waals surface area (Å²) in [4.78, 5) is 25.8. The Morgan fingerprint density at radius 2 is 1.80 bits per heavy atom. The van der Waals surface area contributed by atoms with Gasteiger partial charge in [0.25, 0.3) is 0 Å². The standard InChI is InChI=1S/C20H22O4S/c1-5-14-6-8-15(9-7-14)19(21)13(2)24-20(22)17-11-10-16(25-4)12-18(17)23-3/h6-13H,5H2,1-4H3/t13-/m1/s1. The van der Waals surface area contributed by atoms with Gasteiger partial charge in [0.05, 0.1) is 7.11 Å². The van der Waals surface area contributed by atoms with Crippen molar-refractivity contribution in [3.8, 4) is 5.75 Å². The molecule has 0 amide bonds. The van der Waals surface area contributed by atoms with Crippen LogP contribution in [0.2, 0.25) is 0 Å². The Morgan fingerprint density at radius 1 is 1.12 bits per heavy atom. The molecule has 5 heteroatoms. The third-order valence-electron chi connectivity index (χ3n) is 3.93. The van der Waals surface area contributed by atoms with Crippen molar-refractivity contribution in [2.45, 2.75) is 31.3 Å². The van der Waals surface area contributed by atoms with Gasteiger partial charge in [-0.05, 0) is 43.4 Å². The SMILES string of the molecule is CCc1ccc(C(=O)[C@@H](C)OC(=O)c2ccc(SC)cc2OC)cc1. The van der Waals surface area contributed by atoms with E-state index in [0.717, 1.165) is 16.9 Å². The first-order valence-electron chi connectivity index (χ1n) is 8.06. The lowest BCUT2D eigenvalue weighted by molar-refractivity contribution is 0.0316. The summed E-state index contributed by atoms with van der Waals surface area (Å²) in [6, 6.07) is 12.6. The fourth-order valence-corrected chi connectivity index (χ4v) is 2.81. The van der Waals surface area contributed by atoms with Gasteiger partial charge in [-0.25, -0.2) is 4.79 Å². The minimum absolute atomic E-state index is 0.226. The van der Waals surface area contributed by atoms with Crippen LogP contribution in [-0.4, -0.2) is 31.2 Å². The maximum absolute atomic E-state index is 12.5. The zero-order chi connectivity index (χ0) is 18.4. The predicted molar refractivity (Wildman–Crippen MR) is 99.8 cm³/mol. The van der Waals surface area contributed by atoms with Gasteiger partial charge in [0, 0.05) is 10.5 Å². The van der Waals surface area contributed by atoms with Crippen LogP contribution < -0.4 is 4.74 Å². The van der Waals surface area contributed by atoms with Gasteiger partial charge in [-0.1, -0.05) is 31.2 Å². The number of hydrogen-bond donors (Lipinski definition) is 0. The van der Waals surface area contributed by atoms with Gasteiger partial charge in [-0.2, -0.15) is 0 Å². The molecule has 0 aliphatic carbocycles. The van der Waals surface area contributed by atoms with Crippen LogP contribution in [-0.2, 0) is 11.2 Å². The average Bonchev–Trinajstić information content (AvgIpc) is 2.66. The van der Waals surface area contributed by atoms with Gasteiger partial charge < -0.3 is 9.47 Å². The number of methoxy groups -OCH3 is 1. The number of ketones is 1. The van der Waals surface area contributed by atoms with E-state index in [1.54, 1.807) is 43.0 Å². The Bertz CT molecular complexity index is 753. The molecule has 1 atom stereocenters. The van der Waals surface area contributed by atoms with E-state index in [1.807, 2.05) is 24.5 Å². The molecule has 0 saturated carbocycles. The Kier molecular flexibility index (Phi) is 6.65. The van der Waals surface area contributed by atoms with Crippen molar-refractivity contribution in [3.63, 3.8) is 0 Å². The number of benzene rings is 2. The lowest BCUT2D eigenvalue weighted by atomic mass is 10.0. The van der Waals surface area contributed by atoms with E-state index in [2.05, 4.69) is 6.92 Å². The fourth-order valence-electron chi connectivity index (χ4n) is 2.38. The number of Topliss-reactive ketones (excluding diaryl/α,β-unsaturated/α-hetero) is 1. The highest BCUT2D eigenvalue weighted by atomic mass is 32.2. The quantitative estimate of drug-likeness (QED) is 0.417. The number of carbonyl (C=O) groups is 2. The number of thioether (sulfide) groups is 1. The number of esters is 1. The lowest BCUT2D eigenvalue weighted by Crippen LogP contribution is -2.24. The van der Waals surface area contributed by atoms with E-state index in [4.69, 9.17) is 9.47 Å². The van der Waals surface area contributed by atoms with Crippen molar-refractivity contribution in [1.82, 2.24) is 0 Å². The van der Waals surface area contributed by atoms with Crippen LogP contribution in [0, 0.1) is 0 Å². The molecular weight excluding hydrogens is 336 g/mol. The number of aryl methyl sites for hydroxylation is 1. The number of carbonyl (C=O) groups excluding carboxylic acids is 2. The second kappa shape index (κ2) is 8.72. The fraction of sp³-hybridized carbons (Fsp3) is 0.300. The molecule has 0 fully saturated rings. The molecule has 0 aliphatic rings. The van der Waals surface area contributed by atoms with Crippen LogP contribution >= 0.6 is 11.8 Å². The number of hydrogen-bond acceptors (Lipinski definition) is 5. The Morgan fingerprint density at radius 3 is 2.36 bits per heavy atom. The van der Waals surface area contributed by atoms with Crippen molar-refractivity contribution >= 4 is 23.5 Å². The summed E-state index contributed by atoms with van der Waals surface area (Å²) in [6.45, 7) is 3.63. The van der Waals surface area contributed by atoms with Crippen molar-refractivity contribution in [2.75, 3.05) is 13.4 Å². The summed E-state index contributed by atoms with van der Waals surface area (Å²) in [5.41, 5.74) is 1.99. The summed E-state index contributed by atoms with van der Waals surface area (Å²) in [6.07, 6.45) is 1.98. The van der Waals surface area contributed by atoms with E-state index in [1.165, 1.54) is 7.11 Å². The van der Waals surface area contributed by atoms with Gasteiger partial charge in [0.2, 0.25) is 5.78 Å². The van der Waals surface area contributed by atoms with Crippen LogP contribution in [0.5, 0.6) is 5.75 Å². The van der Waals surface area contributed by atoms with Crippen molar-refractivity contribution < 1.29 is 19.1 Å². The molecule has 4 nitrogen and oxygen atoms in total. The number of ether oxygens (including phenoxy) is 2. The monoisotopic (exact) mass is 358 g/mol. The molecule has 0 aliphatic heterocycles. The van der Waals surface area contributed by atoms with E-state index in [9.17, 15) is 9.59 Å². The topological polar surface area (TPSA) is 52.6 Å². The largest absolute Gasteiger partial charge is 0.496 e. The Labute approximate surface area is 152 Å². The molecule has 132 valence electrons. The van der Waals surface area contributed by atoms with Crippen molar-refractivity contribution in [2.24, 2.45) is 0 Å². The molecule has 25 heavy (non-hydrogen) atoms. The minimum Gasteiger partial charge on any atom is -0.496 e. The Hall–Kier alpha value is -2.27. The van der Waals surface area contributed by atoms with Gasteiger partial charge in [0.15, 0.2) is 6.10 Å². The van der Waals surface area contributed by atoms with E-state index < -0.39 is 12.1 Å². The van der Waals surface area contributed by atoms with E-state index in [-0.39, 0.29) is 5.78 Å². The molecule has 2 rings (SSSR count). The summed E-state index contributed by atoms with van der Waals surface area (Å²) >= 11 is 1.55. The van der Waals surface area contributed by atoms with Gasteiger partial charge in [-0.3, -0.25) is 4.79 Å². The predicted octanol–water partition coefficient (Wildman–Crippen LogP) is 4.41. The molecule has 0 radical (unpaired) electrons. The van der Waals surface area contributed by atoms with Crippen LogP contribution in [0.1, 0.15) is 40.1 Å². The van der Waals surface area contributed by atoms with Crippen molar-refractivity contribution in [3.05, 3.63) is 59.2 Å². The summed E-state index contributed by atoms with van der Waals surface area (Å²) < 4.78 is 10.6. The third-order valence-corrected chi connectivity index (χ3v) is 4.65. The highest BCUT2D eigenvalue weighted by Crippen LogP contribution is 2.26. The molecule has 0 heterocycles. The van der Waals surface area contributed by atoms with Crippen LogP contribution in [0.25, 0.3) is 0 Å². The maximum atomic E-state index is 12.5.